The molecule has 0 aliphatic heterocycles. The zero-order valence-corrected chi connectivity index (χ0v) is 18.3. The van der Waals surface area contributed by atoms with Crippen LogP contribution in [-0.2, 0) is 9.47 Å². The summed E-state index contributed by atoms with van der Waals surface area (Å²) in [5.41, 5.74) is -0.164. The van der Waals surface area contributed by atoms with E-state index in [-0.39, 0.29) is 48.1 Å². The van der Waals surface area contributed by atoms with Crippen LogP contribution in [0.5, 0.6) is 0 Å². The Morgan fingerprint density at radius 2 is 1.21 bits per heavy atom. The van der Waals surface area contributed by atoms with Crippen molar-refractivity contribution in [1.29, 1.82) is 0 Å². The minimum absolute atomic E-state index is 0.0199. The first-order valence-electron chi connectivity index (χ1n) is 7.08. The van der Waals surface area contributed by atoms with Crippen LogP contribution in [0.1, 0.15) is 38.4 Å². The molecule has 0 aliphatic rings. The van der Waals surface area contributed by atoms with Crippen LogP contribution in [0.25, 0.3) is 0 Å². The van der Waals surface area contributed by atoms with Crippen molar-refractivity contribution in [3.05, 3.63) is 54.5 Å². The van der Waals surface area contributed by atoms with Gasteiger partial charge in [-0.2, -0.15) is 0 Å². The third-order valence-electron chi connectivity index (χ3n) is 2.91. The van der Waals surface area contributed by atoms with E-state index in [1.54, 1.807) is 0 Å². The van der Waals surface area contributed by atoms with Crippen LogP contribution in [-0.4, -0.2) is 41.9 Å². The number of ether oxygens (including phenoxy) is 2. The second kappa shape index (κ2) is 10.8. The van der Waals surface area contributed by atoms with Crippen LogP contribution in [0, 0.1) is 0 Å². The van der Waals surface area contributed by atoms with Crippen LogP contribution in [0.4, 0.5) is 0 Å². The molecule has 0 aromatic carbocycles. The van der Waals surface area contributed by atoms with Crippen molar-refractivity contribution < 1.29 is 23.9 Å². The van der Waals surface area contributed by atoms with E-state index >= 15 is 0 Å². The average Bonchev–Trinajstić information content (AvgIpc) is 2.65. The van der Waals surface area contributed by atoms with Crippen LogP contribution in [0.2, 0.25) is 25.2 Å². The van der Waals surface area contributed by atoms with Gasteiger partial charge in [0.05, 0.1) is 34.3 Å². The lowest BCUT2D eigenvalue weighted by molar-refractivity contribution is 0.0585. The summed E-state index contributed by atoms with van der Waals surface area (Å²) in [5.74, 6) is -1.71. The van der Waals surface area contributed by atoms with E-state index in [0.717, 1.165) is 0 Å². The van der Waals surface area contributed by atoms with E-state index in [2.05, 4.69) is 19.4 Å². The highest BCUT2D eigenvalue weighted by atomic mass is 35.5. The SMILES string of the molecule is COC(=O)c1nc(C(C)=O)cc(Cl)c1Cl.COC(=O)c1nc(Cl)cc(Cl)c1Cl. The molecule has 2 heterocycles. The predicted octanol–water partition coefficient (Wildman–Crippen LogP) is 5.21. The zero-order chi connectivity index (χ0) is 21.6. The monoisotopic (exact) mass is 486 g/mol. The predicted molar refractivity (Wildman–Crippen MR) is 106 cm³/mol. The summed E-state index contributed by atoms with van der Waals surface area (Å²) in [6, 6.07) is 2.65. The molecule has 0 aliphatic carbocycles. The standard InChI is InChI=1S/C9H7Cl2NO3.C7H4Cl3NO2/c1-4(13)6-3-5(10)7(11)8(12-6)9(14)15-2;1-13-7(12)6-5(10)3(8)2-4(9)11-6/h3H,1-2H3;2H,1H3. The molecule has 0 radical (unpaired) electrons. The number of carbonyl (C=O) groups is 3. The Hall–Kier alpha value is -1.64. The van der Waals surface area contributed by atoms with Gasteiger partial charge < -0.3 is 9.47 Å². The molecule has 0 fully saturated rings. The second-order valence-electron chi connectivity index (χ2n) is 4.78. The lowest BCUT2D eigenvalue weighted by atomic mass is 10.2. The van der Waals surface area contributed by atoms with Gasteiger partial charge in [-0.1, -0.05) is 58.0 Å². The summed E-state index contributed by atoms with van der Waals surface area (Å²) in [4.78, 5) is 40.8. The molecule has 0 atom stereocenters. The Morgan fingerprint density at radius 3 is 1.64 bits per heavy atom. The normalized spacial score (nSPS) is 9.86. The molecular weight excluding hydrogens is 477 g/mol. The number of hydrogen-bond donors (Lipinski definition) is 0. The molecule has 7 nitrogen and oxygen atoms in total. The Labute approximate surface area is 184 Å². The Morgan fingerprint density at radius 1 is 0.786 bits per heavy atom. The minimum Gasteiger partial charge on any atom is -0.464 e. The fraction of sp³-hybridized carbons (Fsp3) is 0.188. The first kappa shape index (κ1) is 24.4. The van der Waals surface area contributed by atoms with E-state index < -0.39 is 11.9 Å². The Kier molecular flexibility index (Phi) is 9.39. The van der Waals surface area contributed by atoms with E-state index in [9.17, 15) is 14.4 Å². The van der Waals surface area contributed by atoms with Gasteiger partial charge >= 0.3 is 11.9 Å². The number of halogens is 5. The lowest BCUT2D eigenvalue weighted by Gasteiger charge is -2.04. The van der Waals surface area contributed by atoms with Gasteiger partial charge in [0.2, 0.25) is 0 Å². The molecule has 28 heavy (non-hydrogen) atoms. The molecule has 0 N–H and O–H groups in total. The molecule has 2 rings (SSSR count). The maximum atomic E-state index is 11.2. The highest BCUT2D eigenvalue weighted by molar-refractivity contribution is 6.44. The van der Waals surface area contributed by atoms with Crippen molar-refractivity contribution in [3.63, 3.8) is 0 Å². The van der Waals surface area contributed by atoms with Crippen molar-refractivity contribution in [2.75, 3.05) is 14.2 Å². The van der Waals surface area contributed by atoms with Gasteiger partial charge in [0.15, 0.2) is 17.2 Å². The Balaban J connectivity index is 0.000000283. The molecule has 0 saturated carbocycles. The molecule has 2 aromatic rings. The number of Topliss-reactive ketones (excluding diaryl/α,β-unsaturated/α-hetero) is 1. The van der Waals surface area contributed by atoms with Crippen molar-refractivity contribution in [2.24, 2.45) is 0 Å². The fourth-order valence-electron chi connectivity index (χ4n) is 1.61. The fourth-order valence-corrected chi connectivity index (χ4v) is 2.59. The van der Waals surface area contributed by atoms with Gasteiger partial charge in [-0.3, -0.25) is 4.79 Å². The first-order valence-corrected chi connectivity index (χ1v) is 8.97. The Bertz CT molecular complexity index is 936. The van der Waals surface area contributed by atoms with E-state index in [4.69, 9.17) is 58.0 Å². The van der Waals surface area contributed by atoms with E-state index in [1.807, 2.05) is 0 Å². The summed E-state index contributed by atoms with van der Waals surface area (Å²) in [6.07, 6.45) is 0. The molecule has 0 spiro atoms. The molecule has 150 valence electrons. The summed E-state index contributed by atoms with van der Waals surface area (Å²) >= 11 is 28.4. The zero-order valence-electron chi connectivity index (χ0n) is 14.5. The maximum absolute atomic E-state index is 11.2. The van der Waals surface area contributed by atoms with Gasteiger partial charge in [-0.05, 0) is 12.1 Å². The van der Waals surface area contributed by atoms with Crippen LogP contribution in [0.15, 0.2) is 12.1 Å². The lowest BCUT2D eigenvalue weighted by Crippen LogP contribution is -2.09. The number of ketones is 1. The van der Waals surface area contributed by atoms with Crippen LogP contribution in [0.3, 0.4) is 0 Å². The number of esters is 2. The molecule has 0 saturated heterocycles. The highest BCUT2D eigenvalue weighted by Crippen LogP contribution is 2.28. The van der Waals surface area contributed by atoms with E-state index in [1.165, 1.54) is 33.3 Å². The molecule has 0 bridgehead atoms. The number of aromatic nitrogens is 2. The van der Waals surface area contributed by atoms with Crippen molar-refractivity contribution in [3.8, 4) is 0 Å². The third kappa shape index (κ3) is 6.18. The summed E-state index contributed by atoms with van der Waals surface area (Å²) < 4.78 is 8.87. The molecular formula is C16H11Cl5N2O5. The second-order valence-corrected chi connectivity index (χ2v) is 6.74. The number of hydrogen-bond acceptors (Lipinski definition) is 7. The summed E-state index contributed by atoms with van der Waals surface area (Å²) in [5, 5.41) is 0.376. The van der Waals surface area contributed by atoms with E-state index in [0.29, 0.717) is 0 Å². The summed E-state index contributed by atoms with van der Waals surface area (Å²) in [7, 11) is 2.41. The minimum atomic E-state index is -0.731. The topological polar surface area (TPSA) is 95.5 Å². The smallest absolute Gasteiger partial charge is 0.358 e. The first-order chi connectivity index (χ1) is 13.0. The number of pyridine rings is 2. The van der Waals surface area contributed by atoms with Crippen LogP contribution >= 0.6 is 58.0 Å². The highest BCUT2D eigenvalue weighted by Gasteiger charge is 2.18. The van der Waals surface area contributed by atoms with Crippen molar-refractivity contribution in [2.45, 2.75) is 6.92 Å². The van der Waals surface area contributed by atoms with Gasteiger partial charge in [-0.15, -0.1) is 0 Å². The number of methoxy groups -OCH3 is 2. The number of nitrogens with zero attached hydrogens (tertiary/aromatic N) is 2. The number of carbonyl (C=O) groups excluding carboxylic acids is 3. The maximum Gasteiger partial charge on any atom is 0.358 e. The van der Waals surface area contributed by atoms with Gasteiger partial charge in [0, 0.05) is 6.92 Å². The number of rotatable bonds is 3. The molecule has 2 aromatic heterocycles. The molecule has 0 amide bonds. The third-order valence-corrected chi connectivity index (χ3v) is 4.66. The average molecular weight is 489 g/mol. The summed E-state index contributed by atoms with van der Waals surface area (Å²) in [6.45, 7) is 1.31. The molecule has 12 heteroatoms. The molecule has 0 unspecified atom stereocenters. The van der Waals surface area contributed by atoms with Crippen LogP contribution < -0.4 is 0 Å². The largest absolute Gasteiger partial charge is 0.464 e. The van der Waals surface area contributed by atoms with Crippen molar-refractivity contribution in [1.82, 2.24) is 9.97 Å². The van der Waals surface area contributed by atoms with Crippen molar-refractivity contribution >= 4 is 75.7 Å². The quantitative estimate of drug-likeness (QED) is 0.333. The van der Waals surface area contributed by atoms with Gasteiger partial charge in [0.1, 0.15) is 10.8 Å². The van der Waals surface area contributed by atoms with Gasteiger partial charge in [0.25, 0.3) is 0 Å². The van der Waals surface area contributed by atoms with Gasteiger partial charge in [-0.25, -0.2) is 19.6 Å².